The fourth-order valence-corrected chi connectivity index (χ4v) is 6.81. The number of halogens is 5. The van der Waals surface area contributed by atoms with Gasteiger partial charge in [-0.25, -0.2) is 33.3 Å². The summed E-state index contributed by atoms with van der Waals surface area (Å²) in [4.78, 5) is 41.1. The van der Waals surface area contributed by atoms with Gasteiger partial charge in [0.25, 0.3) is 0 Å². The molecule has 380 valence electrons. The number of nitrogens with zero attached hydrogens (tertiary/aromatic N) is 9. The number of carbonyl (C=O) groups excluding carboxylic acids is 1. The summed E-state index contributed by atoms with van der Waals surface area (Å²) in [5.41, 5.74) is 19.1. The molecule has 1 aliphatic carbocycles. The Morgan fingerprint density at radius 2 is 1.83 bits per heavy atom. The molecule has 0 spiro atoms. The van der Waals surface area contributed by atoms with E-state index < -0.39 is 49.3 Å². The molecular formula is C42H61F5N16O6. The maximum Gasteiger partial charge on any atom is 0.407 e. The molecule has 3 saturated heterocycles. The minimum atomic E-state index is -4.42. The number of amides is 2. The second kappa shape index (κ2) is 24.1. The summed E-state index contributed by atoms with van der Waals surface area (Å²) in [6.07, 6.45) is -0.991. The number of aromatic nitrogens is 7. The molecule has 3 aliphatic heterocycles. The zero-order valence-corrected chi connectivity index (χ0v) is 38.9. The van der Waals surface area contributed by atoms with E-state index in [1.54, 1.807) is 40.1 Å². The molecule has 22 nitrogen and oxygen atoms in total. The van der Waals surface area contributed by atoms with E-state index in [0.29, 0.717) is 31.4 Å². The van der Waals surface area contributed by atoms with Gasteiger partial charge in [0, 0.05) is 75.3 Å². The third kappa shape index (κ3) is 16.3. The van der Waals surface area contributed by atoms with Crippen molar-refractivity contribution in [3.05, 3.63) is 60.1 Å². The standard InChI is InChI=1S/C20H27F4N7O3.C13H18N8.C5H9NO2.C4H7FO/c1-9(2)26-19(32)34-14-8-33-17(16(14)21)12-6-15(29-28-12)27-18(25)13-5-11(7-20(22,23)24)30-31(13)10(3)4;14-2-1-11(15)19-13-18-9-10(12-17-5-8-21(12)13)20-6-3-16-4-7-20;1-5(2-3-5)6-4(7)8;5-4-1-2-6-3-4/h5-6,9-10,14,16-17H,7-8H2,1-4H3,(H,26,32)(H3,25,27,28,29);1-2,5,8-9,16H,3-4,6-7,14H2,(H2,15,18,19);6H,2-3H2,1H3,(H,7,8);4H,1-3H2/b;2-1-;;. The van der Waals surface area contributed by atoms with Crippen molar-refractivity contribution in [2.75, 3.05) is 50.9 Å². The van der Waals surface area contributed by atoms with Crippen LogP contribution >= 0.6 is 0 Å². The fourth-order valence-electron chi connectivity index (χ4n) is 6.81. The number of hydrogen-bond acceptors (Lipinski definition) is 14. The molecule has 8 rings (SSSR count). The summed E-state index contributed by atoms with van der Waals surface area (Å²) in [7, 11) is 0. The highest BCUT2D eigenvalue weighted by Gasteiger charge is 2.42. The van der Waals surface area contributed by atoms with E-state index >= 15 is 0 Å². The number of aromatic amines is 1. The summed E-state index contributed by atoms with van der Waals surface area (Å²) >= 11 is 0. The summed E-state index contributed by atoms with van der Waals surface area (Å²) in [6.45, 7) is 13.4. The van der Waals surface area contributed by atoms with Crippen LogP contribution < -0.4 is 38.1 Å². The number of nitrogens with one attached hydrogen (secondary N) is 4. The van der Waals surface area contributed by atoms with Crippen LogP contribution in [0.3, 0.4) is 0 Å². The molecule has 4 atom stereocenters. The molecule has 0 bridgehead atoms. The van der Waals surface area contributed by atoms with E-state index in [1.807, 2.05) is 17.5 Å². The number of nitrogens with two attached hydrogens (primary N) is 3. The first kappa shape index (κ1) is 53.3. The number of alkyl halides is 5. The molecule has 69 heavy (non-hydrogen) atoms. The van der Waals surface area contributed by atoms with E-state index in [0.717, 1.165) is 50.4 Å². The Labute approximate surface area is 394 Å². The highest BCUT2D eigenvalue weighted by atomic mass is 19.4. The van der Waals surface area contributed by atoms with E-state index in [9.17, 15) is 31.5 Å². The lowest BCUT2D eigenvalue weighted by atomic mass is 10.1. The van der Waals surface area contributed by atoms with E-state index in [1.165, 1.54) is 29.1 Å². The predicted molar refractivity (Wildman–Crippen MR) is 245 cm³/mol. The molecule has 2 amide bonds. The monoisotopic (exact) mass is 980 g/mol. The van der Waals surface area contributed by atoms with Gasteiger partial charge in [0.2, 0.25) is 5.95 Å². The van der Waals surface area contributed by atoms with Crippen LogP contribution in [-0.2, 0) is 20.6 Å². The SMILES string of the molecule is CC(C)NC(=O)OC1COC(c2cc(N=C(N)c3cc(CC(F)(F)F)nn3C(C)C)n[nH]2)C1F.CC1(NC(=O)O)CC1.FC1CCOC1.N/C=C\C(N)=N/c1ncc(N2CCNCC2)c2nccn12. The molecule has 0 radical (unpaired) electrons. The second-order valence-corrected chi connectivity index (χ2v) is 17.1. The molecule has 27 heteroatoms. The number of ether oxygens (including phenoxy) is 3. The maximum absolute atomic E-state index is 14.8. The van der Waals surface area contributed by atoms with Crippen molar-refractivity contribution in [3.63, 3.8) is 0 Å². The Morgan fingerprint density at radius 3 is 2.39 bits per heavy atom. The topological polar surface area (TPSA) is 301 Å². The quantitative estimate of drug-likeness (QED) is 0.0587. The lowest BCUT2D eigenvalue weighted by Gasteiger charge is -2.29. The van der Waals surface area contributed by atoms with Crippen molar-refractivity contribution in [1.29, 1.82) is 0 Å². The van der Waals surface area contributed by atoms with Crippen molar-refractivity contribution in [2.24, 2.45) is 27.2 Å². The molecule has 4 aliphatic rings. The zero-order valence-electron chi connectivity index (χ0n) is 38.9. The number of hydrogen-bond donors (Lipinski definition) is 8. The lowest BCUT2D eigenvalue weighted by molar-refractivity contribution is -0.127. The van der Waals surface area contributed by atoms with Gasteiger partial charge in [-0.3, -0.25) is 14.2 Å². The van der Waals surface area contributed by atoms with Crippen LogP contribution in [0.1, 0.15) is 83.1 Å². The van der Waals surface area contributed by atoms with Crippen LogP contribution in [0, 0.1) is 0 Å². The van der Waals surface area contributed by atoms with Crippen LogP contribution in [-0.4, -0.2) is 146 Å². The first-order chi connectivity index (χ1) is 32.6. The zero-order chi connectivity index (χ0) is 50.5. The highest BCUT2D eigenvalue weighted by molar-refractivity contribution is 5.97. The van der Waals surface area contributed by atoms with Crippen molar-refractivity contribution in [3.8, 4) is 0 Å². The Morgan fingerprint density at radius 1 is 1.10 bits per heavy atom. The van der Waals surface area contributed by atoms with Gasteiger partial charge >= 0.3 is 18.4 Å². The Hall–Kier alpha value is -6.61. The van der Waals surface area contributed by atoms with Gasteiger partial charge in [-0.05, 0) is 65.8 Å². The van der Waals surface area contributed by atoms with Gasteiger partial charge in [-0.2, -0.15) is 28.4 Å². The average Bonchev–Trinajstić information content (AvgIpc) is 3.96. The molecule has 1 saturated carbocycles. The van der Waals surface area contributed by atoms with Crippen LogP contribution in [0.25, 0.3) is 5.65 Å². The van der Waals surface area contributed by atoms with Crippen molar-refractivity contribution < 1.29 is 50.9 Å². The van der Waals surface area contributed by atoms with Gasteiger partial charge in [0.05, 0.1) is 42.9 Å². The predicted octanol–water partition coefficient (Wildman–Crippen LogP) is 4.39. The van der Waals surface area contributed by atoms with Crippen LogP contribution in [0.15, 0.2) is 53.0 Å². The molecule has 0 aromatic carbocycles. The Kier molecular flexibility index (Phi) is 18.6. The summed E-state index contributed by atoms with van der Waals surface area (Å²) in [6, 6.07) is 2.18. The third-order valence-corrected chi connectivity index (χ3v) is 10.4. The van der Waals surface area contributed by atoms with Crippen LogP contribution in [0.5, 0.6) is 0 Å². The Bertz CT molecular complexity index is 2390. The van der Waals surface area contributed by atoms with E-state index in [-0.39, 0.29) is 53.0 Å². The largest absolute Gasteiger partial charge is 0.465 e. The first-order valence-corrected chi connectivity index (χ1v) is 22.2. The van der Waals surface area contributed by atoms with E-state index in [4.69, 9.17) is 31.8 Å². The Balaban J connectivity index is 0.000000211. The number of imidazole rings is 1. The van der Waals surface area contributed by atoms with Crippen molar-refractivity contribution >= 4 is 47.0 Å². The average molecular weight is 981 g/mol. The molecule has 4 aromatic heterocycles. The van der Waals surface area contributed by atoms with Crippen molar-refractivity contribution in [1.82, 2.24) is 50.3 Å². The normalized spacial score (nSPS) is 21.3. The summed E-state index contributed by atoms with van der Waals surface area (Å²) < 4.78 is 83.3. The van der Waals surface area contributed by atoms with Crippen LogP contribution in [0.2, 0.25) is 0 Å². The van der Waals surface area contributed by atoms with Gasteiger partial charge < -0.3 is 57.4 Å². The maximum atomic E-state index is 14.8. The first-order valence-electron chi connectivity index (χ1n) is 22.2. The van der Waals surface area contributed by atoms with Gasteiger partial charge in [-0.1, -0.05) is 0 Å². The number of carbonyl (C=O) groups is 2. The molecular weight excluding hydrogens is 920 g/mol. The lowest BCUT2D eigenvalue weighted by Crippen LogP contribution is -2.43. The summed E-state index contributed by atoms with van der Waals surface area (Å²) in [5.74, 6) is 0.745. The number of aliphatic imine (C=N–C) groups is 2. The fraction of sp³-hybridized carbons (Fsp3) is 0.571. The summed E-state index contributed by atoms with van der Waals surface area (Å²) in [5, 5.41) is 27.0. The molecule has 4 fully saturated rings. The number of piperazine rings is 1. The number of carboxylic acid groups (broad SMARTS) is 1. The number of anilines is 1. The minimum Gasteiger partial charge on any atom is -0.465 e. The molecule has 11 N–H and O–H groups in total. The minimum absolute atomic E-state index is 0.0686. The highest BCUT2D eigenvalue weighted by Crippen LogP contribution is 2.35. The number of fused-ring (bicyclic) bond motifs is 1. The molecule has 7 heterocycles. The number of alkyl carbamates (subject to hydrolysis) is 1. The van der Waals surface area contributed by atoms with Gasteiger partial charge in [-0.15, -0.1) is 0 Å². The van der Waals surface area contributed by atoms with Crippen LogP contribution in [0.4, 0.5) is 49.0 Å². The smallest absolute Gasteiger partial charge is 0.407 e. The van der Waals surface area contributed by atoms with Gasteiger partial charge in [0.1, 0.15) is 23.8 Å². The number of H-pyrrole nitrogens is 1. The number of amidine groups is 2. The second-order valence-electron chi connectivity index (χ2n) is 17.1. The third-order valence-electron chi connectivity index (χ3n) is 10.4. The van der Waals surface area contributed by atoms with Gasteiger partial charge in [0.15, 0.2) is 29.6 Å². The van der Waals surface area contributed by atoms with Crippen molar-refractivity contribution in [2.45, 2.75) is 109 Å². The molecule has 4 unspecified atom stereocenters. The number of rotatable bonds is 11. The van der Waals surface area contributed by atoms with E-state index in [2.05, 4.69) is 60.8 Å². The molecule has 4 aromatic rings.